The average Bonchev–Trinajstić information content (AvgIpc) is 3.81. The maximum absolute atomic E-state index is 6.80. The molecule has 2 heterocycles. The van der Waals surface area contributed by atoms with Crippen LogP contribution in [0.1, 0.15) is 22.3 Å². The Balaban J connectivity index is 1.28. The minimum atomic E-state index is -0.387. The summed E-state index contributed by atoms with van der Waals surface area (Å²) in [4.78, 5) is 0. The van der Waals surface area contributed by atoms with Gasteiger partial charge in [0.25, 0.3) is 0 Å². The van der Waals surface area contributed by atoms with Crippen LogP contribution in [0.15, 0.2) is 156 Å². The van der Waals surface area contributed by atoms with Crippen LogP contribution in [-0.2, 0) is 5.41 Å². The van der Waals surface area contributed by atoms with E-state index in [2.05, 4.69) is 156 Å². The molecule has 208 valence electrons. The third kappa shape index (κ3) is 2.73. The monoisotopic (exact) mass is 571 g/mol. The first-order valence-electron chi connectivity index (χ1n) is 15.6. The molecule has 2 aliphatic rings. The lowest BCUT2D eigenvalue weighted by Crippen LogP contribution is -2.25. The fourth-order valence-corrected chi connectivity index (χ4v) is 8.76. The van der Waals surface area contributed by atoms with Crippen molar-refractivity contribution >= 4 is 43.7 Å². The van der Waals surface area contributed by atoms with Gasteiger partial charge in [0, 0.05) is 16.2 Å². The summed E-state index contributed by atoms with van der Waals surface area (Å²) in [5.41, 5.74) is 15.5. The second-order valence-corrected chi connectivity index (χ2v) is 12.4. The van der Waals surface area contributed by atoms with E-state index in [1.165, 1.54) is 66.3 Å². The van der Waals surface area contributed by atoms with E-state index in [4.69, 9.17) is 4.42 Å². The first-order chi connectivity index (χ1) is 22.3. The van der Waals surface area contributed by atoms with Crippen LogP contribution in [0.3, 0.4) is 0 Å². The molecule has 0 atom stereocenters. The maximum atomic E-state index is 6.80. The Hall–Kier alpha value is -5.86. The zero-order valence-corrected chi connectivity index (χ0v) is 24.3. The Morgan fingerprint density at radius 1 is 0.400 bits per heavy atom. The van der Waals surface area contributed by atoms with Gasteiger partial charge in [-0.3, -0.25) is 0 Å². The van der Waals surface area contributed by atoms with Crippen LogP contribution in [0, 0.1) is 0 Å². The van der Waals surface area contributed by atoms with E-state index in [1.807, 2.05) is 0 Å². The fourth-order valence-electron chi connectivity index (χ4n) is 8.76. The molecular weight excluding hydrogens is 546 g/mol. The molecule has 2 aromatic heterocycles. The lowest BCUT2D eigenvalue weighted by Gasteiger charge is -2.30. The van der Waals surface area contributed by atoms with Crippen molar-refractivity contribution in [1.29, 1.82) is 0 Å². The van der Waals surface area contributed by atoms with Gasteiger partial charge in [-0.05, 0) is 80.9 Å². The SMILES string of the molecule is c1ccc2c(c1)-c1ccccc1C21c2ccccc2-c2cc3c(cc21)oc1cccc(-n2c4ccccc4c4ccccc42)c13. The summed E-state index contributed by atoms with van der Waals surface area (Å²) in [7, 11) is 0. The minimum Gasteiger partial charge on any atom is -0.456 e. The Kier molecular flexibility index (Phi) is 4.29. The van der Waals surface area contributed by atoms with E-state index in [9.17, 15) is 0 Å². The fraction of sp³-hybridized carbons (Fsp3) is 0.0233. The van der Waals surface area contributed by atoms with Crippen molar-refractivity contribution in [2.24, 2.45) is 0 Å². The summed E-state index contributed by atoms with van der Waals surface area (Å²) in [6, 6.07) is 55.5. The van der Waals surface area contributed by atoms with Crippen LogP contribution in [0.25, 0.3) is 71.7 Å². The van der Waals surface area contributed by atoms with Crippen LogP contribution in [0.2, 0.25) is 0 Å². The molecule has 7 aromatic carbocycles. The zero-order valence-electron chi connectivity index (χ0n) is 24.3. The third-order valence-electron chi connectivity index (χ3n) is 10.4. The molecule has 1 spiro atoms. The van der Waals surface area contributed by atoms with Crippen LogP contribution in [0.4, 0.5) is 0 Å². The lowest BCUT2D eigenvalue weighted by atomic mass is 9.70. The topological polar surface area (TPSA) is 18.1 Å². The maximum Gasteiger partial charge on any atom is 0.137 e. The number of aromatic nitrogens is 1. The number of rotatable bonds is 1. The predicted octanol–water partition coefficient (Wildman–Crippen LogP) is 11.0. The van der Waals surface area contributed by atoms with Crippen molar-refractivity contribution < 1.29 is 4.42 Å². The van der Waals surface area contributed by atoms with E-state index in [0.717, 1.165) is 27.6 Å². The molecule has 2 nitrogen and oxygen atoms in total. The summed E-state index contributed by atoms with van der Waals surface area (Å²) >= 11 is 0. The molecule has 2 aliphatic carbocycles. The van der Waals surface area contributed by atoms with E-state index in [1.54, 1.807) is 0 Å². The first kappa shape index (κ1) is 23.6. The van der Waals surface area contributed by atoms with E-state index < -0.39 is 0 Å². The highest BCUT2D eigenvalue weighted by molar-refractivity contribution is 6.15. The van der Waals surface area contributed by atoms with Gasteiger partial charge in [0.15, 0.2) is 0 Å². The van der Waals surface area contributed by atoms with Crippen molar-refractivity contribution in [2.75, 3.05) is 0 Å². The number of furan rings is 1. The van der Waals surface area contributed by atoms with Gasteiger partial charge in [-0.15, -0.1) is 0 Å². The van der Waals surface area contributed by atoms with Crippen LogP contribution in [-0.4, -0.2) is 4.57 Å². The lowest BCUT2D eigenvalue weighted by molar-refractivity contribution is 0.666. The molecular formula is C43H25NO. The zero-order chi connectivity index (χ0) is 29.3. The second kappa shape index (κ2) is 8.19. The second-order valence-electron chi connectivity index (χ2n) is 12.4. The Bertz CT molecular complexity index is 2620. The number of fused-ring (bicyclic) bond motifs is 16. The molecule has 11 rings (SSSR count). The summed E-state index contributed by atoms with van der Waals surface area (Å²) in [5.74, 6) is 0. The molecule has 0 saturated heterocycles. The van der Waals surface area contributed by atoms with E-state index >= 15 is 0 Å². The molecule has 9 aromatic rings. The number of hydrogen-bond donors (Lipinski definition) is 0. The van der Waals surface area contributed by atoms with Crippen molar-refractivity contribution in [3.8, 4) is 27.9 Å². The highest BCUT2D eigenvalue weighted by atomic mass is 16.3. The molecule has 0 fully saturated rings. The summed E-state index contributed by atoms with van der Waals surface area (Å²) in [6.07, 6.45) is 0. The van der Waals surface area contributed by atoms with Gasteiger partial charge in [0.1, 0.15) is 11.2 Å². The van der Waals surface area contributed by atoms with Crippen molar-refractivity contribution in [1.82, 2.24) is 4.57 Å². The van der Waals surface area contributed by atoms with Crippen LogP contribution >= 0.6 is 0 Å². The molecule has 0 aliphatic heterocycles. The molecule has 0 amide bonds. The van der Waals surface area contributed by atoms with Gasteiger partial charge in [0.05, 0.1) is 27.5 Å². The molecule has 0 unspecified atom stereocenters. The summed E-state index contributed by atoms with van der Waals surface area (Å²) in [5, 5.41) is 4.81. The smallest absolute Gasteiger partial charge is 0.137 e. The molecule has 2 heteroatoms. The van der Waals surface area contributed by atoms with Crippen molar-refractivity contribution in [2.45, 2.75) is 5.41 Å². The van der Waals surface area contributed by atoms with E-state index in [0.29, 0.717) is 0 Å². The van der Waals surface area contributed by atoms with Gasteiger partial charge in [-0.2, -0.15) is 0 Å². The Morgan fingerprint density at radius 2 is 0.933 bits per heavy atom. The predicted molar refractivity (Wildman–Crippen MR) is 184 cm³/mol. The molecule has 0 N–H and O–H groups in total. The molecule has 0 bridgehead atoms. The number of benzene rings is 7. The van der Waals surface area contributed by atoms with Gasteiger partial charge < -0.3 is 8.98 Å². The number of nitrogens with zero attached hydrogens (tertiary/aromatic N) is 1. The van der Waals surface area contributed by atoms with Crippen LogP contribution < -0.4 is 0 Å². The standard InChI is InChI=1S/C43H25NO/c1-6-17-33-26(12-1)27-13-2-7-18-34(27)43(33)35-19-8-3-14-28(35)31-24-32-41(25-36(31)43)45-40-23-11-22-39(42(32)40)44-37-20-9-4-15-29(37)30-16-5-10-21-38(30)44/h1-25H. The van der Waals surface area contributed by atoms with Crippen LogP contribution in [0.5, 0.6) is 0 Å². The Labute approximate surface area is 259 Å². The molecule has 0 saturated carbocycles. The summed E-state index contributed by atoms with van der Waals surface area (Å²) in [6.45, 7) is 0. The third-order valence-corrected chi connectivity index (χ3v) is 10.4. The average molecular weight is 572 g/mol. The number of hydrogen-bond acceptors (Lipinski definition) is 1. The van der Waals surface area contributed by atoms with Gasteiger partial charge in [-0.1, -0.05) is 115 Å². The van der Waals surface area contributed by atoms with Gasteiger partial charge in [-0.25, -0.2) is 0 Å². The van der Waals surface area contributed by atoms with E-state index in [-0.39, 0.29) is 5.41 Å². The largest absolute Gasteiger partial charge is 0.456 e. The van der Waals surface area contributed by atoms with Crippen molar-refractivity contribution in [3.63, 3.8) is 0 Å². The molecule has 0 radical (unpaired) electrons. The normalized spacial score (nSPS) is 14.0. The minimum absolute atomic E-state index is 0.387. The highest BCUT2D eigenvalue weighted by Gasteiger charge is 2.51. The molecule has 45 heavy (non-hydrogen) atoms. The van der Waals surface area contributed by atoms with Crippen molar-refractivity contribution in [3.05, 3.63) is 174 Å². The van der Waals surface area contributed by atoms with Gasteiger partial charge in [0.2, 0.25) is 0 Å². The number of para-hydroxylation sites is 2. The highest BCUT2D eigenvalue weighted by Crippen LogP contribution is 2.63. The van der Waals surface area contributed by atoms with Gasteiger partial charge >= 0.3 is 0 Å². The Morgan fingerprint density at radius 3 is 1.56 bits per heavy atom. The first-order valence-corrected chi connectivity index (χ1v) is 15.6. The summed E-state index contributed by atoms with van der Waals surface area (Å²) < 4.78 is 9.22. The quantitative estimate of drug-likeness (QED) is 0.192.